The first-order valence-electron chi connectivity index (χ1n) is 8.57. The van der Waals surface area contributed by atoms with Gasteiger partial charge in [0.1, 0.15) is 11.5 Å². The Labute approximate surface area is 145 Å². The summed E-state index contributed by atoms with van der Waals surface area (Å²) in [7, 11) is 3.34. The summed E-state index contributed by atoms with van der Waals surface area (Å²) in [6.45, 7) is 8.69. The van der Waals surface area contributed by atoms with E-state index < -0.39 is 0 Å². The Balaban J connectivity index is 1.88. The van der Waals surface area contributed by atoms with Crippen LogP contribution >= 0.6 is 0 Å². The van der Waals surface area contributed by atoms with Gasteiger partial charge in [0.05, 0.1) is 14.2 Å². The number of carbonyl (C=O) groups is 1. The molecular formula is C19H30N2O3. The van der Waals surface area contributed by atoms with Gasteiger partial charge in [0.25, 0.3) is 0 Å². The maximum atomic E-state index is 12.1. The number of hydrogen-bond acceptors (Lipinski definition) is 4. The highest BCUT2D eigenvalue weighted by Crippen LogP contribution is 2.24. The van der Waals surface area contributed by atoms with Gasteiger partial charge in [0.2, 0.25) is 5.91 Å². The monoisotopic (exact) mass is 334 g/mol. The molecule has 0 bridgehead atoms. The fourth-order valence-corrected chi connectivity index (χ4v) is 2.85. The second-order valence-electron chi connectivity index (χ2n) is 7.49. The Hall–Kier alpha value is -1.75. The molecule has 1 amide bonds. The highest BCUT2D eigenvalue weighted by Gasteiger charge is 2.26. The van der Waals surface area contributed by atoms with Crippen molar-refractivity contribution in [2.45, 2.75) is 46.2 Å². The number of nitrogens with zero attached hydrogens (tertiary/aromatic N) is 1. The number of amides is 1. The summed E-state index contributed by atoms with van der Waals surface area (Å²) in [6, 6.07) is 6.27. The van der Waals surface area contributed by atoms with Crippen molar-refractivity contribution < 1.29 is 14.3 Å². The lowest BCUT2D eigenvalue weighted by molar-refractivity contribution is -0.129. The lowest BCUT2D eigenvalue weighted by Crippen LogP contribution is -2.47. The van der Waals surface area contributed by atoms with Gasteiger partial charge in [-0.1, -0.05) is 20.8 Å². The Morgan fingerprint density at radius 2 is 1.67 bits per heavy atom. The number of methoxy groups -OCH3 is 2. The van der Waals surface area contributed by atoms with E-state index in [0.29, 0.717) is 0 Å². The second-order valence-corrected chi connectivity index (χ2v) is 7.49. The van der Waals surface area contributed by atoms with E-state index in [-0.39, 0.29) is 17.4 Å². The van der Waals surface area contributed by atoms with E-state index >= 15 is 0 Å². The van der Waals surface area contributed by atoms with Gasteiger partial charge in [-0.25, -0.2) is 0 Å². The van der Waals surface area contributed by atoms with Gasteiger partial charge in [-0.2, -0.15) is 0 Å². The Kier molecular flexibility index (Phi) is 6.10. The van der Waals surface area contributed by atoms with Crippen LogP contribution in [-0.2, 0) is 11.3 Å². The molecule has 5 heteroatoms. The molecular weight excluding hydrogens is 304 g/mol. The summed E-state index contributed by atoms with van der Waals surface area (Å²) in [5, 5.41) is 3.17. The molecule has 134 valence electrons. The SMILES string of the molecule is COc1cc(CN2CCC(NC(=O)C(C)(C)C)CC2)cc(OC)c1. The van der Waals surface area contributed by atoms with Gasteiger partial charge in [-0.05, 0) is 30.5 Å². The summed E-state index contributed by atoms with van der Waals surface area (Å²) in [4.78, 5) is 14.5. The molecule has 24 heavy (non-hydrogen) atoms. The Morgan fingerprint density at radius 1 is 1.12 bits per heavy atom. The normalized spacial score (nSPS) is 16.7. The highest BCUT2D eigenvalue weighted by atomic mass is 16.5. The van der Waals surface area contributed by atoms with Gasteiger partial charge in [0, 0.05) is 37.2 Å². The van der Waals surface area contributed by atoms with E-state index in [1.54, 1.807) is 14.2 Å². The van der Waals surface area contributed by atoms with Gasteiger partial charge in [-0.15, -0.1) is 0 Å². The van der Waals surface area contributed by atoms with Crippen molar-refractivity contribution in [2.24, 2.45) is 5.41 Å². The van der Waals surface area contributed by atoms with Crippen LogP contribution in [0.2, 0.25) is 0 Å². The fraction of sp³-hybridized carbons (Fsp3) is 0.632. The topological polar surface area (TPSA) is 50.8 Å². The molecule has 0 radical (unpaired) electrons. The predicted octanol–water partition coefficient (Wildman–Crippen LogP) is 2.83. The average molecular weight is 334 g/mol. The molecule has 5 nitrogen and oxygen atoms in total. The number of benzene rings is 1. The molecule has 1 heterocycles. The average Bonchev–Trinajstić information content (AvgIpc) is 2.55. The van der Waals surface area contributed by atoms with E-state index in [2.05, 4.69) is 22.3 Å². The zero-order chi connectivity index (χ0) is 17.7. The molecule has 0 saturated carbocycles. The van der Waals surface area contributed by atoms with Crippen LogP contribution in [0.15, 0.2) is 18.2 Å². The summed E-state index contributed by atoms with van der Waals surface area (Å²) in [6.07, 6.45) is 1.98. The van der Waals surface area contributed by atoms with Crippen molar-refractivity contribution in [2.75, 3.05) is 27.3 Å². The van der Waals surface area contributed by atoms with Crippen LogP contribution in [0, 0.1) is 5.41 Å². The predicted molar refractivity (Wildman–Crippen MR) is 95.4 cm³/mol. The minimum Gasteiger partial charge on any atom is -0.497 e. The molecule has 1 aliphatic rings. The van der Waals surface area contributed by atoms with E-state index in [1.165, 1.54) is 5.56 Å². The molecule has 0 atom stereocenters. The maximum absolute atomic E-state index is 12.1. The third kappa shape index (κ3) is 5.13. The third-order valence-corrected chi connectivity index (χ3v) is 4.42. The lowest BCUT2D eigenvalue weighted by atomic mass is 9.94. The molecule has 1 N–H and O–H groups in total. The minimum absolute atomic E-state index is 0.137. The first-order chi connectivity index (χ1) is 11.3. The summed E-state index contributed by atoms with van der Waals surface area (Å²) >= 11 is 0. The quantitative estimate of drug-likeness (QED) is 0.900. The Bertz CT molecular complexity index is 536. The molecule has 1 fully saturated rings. The molecule has 0 aromatic heterocycles. The van der Waals surface area contributed by atoms with Crippen LogP contribution < -0.4 is 14.8 Å². The fourth-order valence-electron chi connectivity index (χ4n) is 2.85. The van der Waals surface area contributed by atoms with Gasteiger partial charge >= 0.3 is 0 Å². The van der Waals surface area contributed by atoms with Crippen LogP contribution in [0.4, 0.5) is 0 Å². The lowest BCUT2D eigenvalue weighted by Gasteiger charge is -2.33. The number of carbonyl (C=O) groups excluding carboxylic acids is 1. The molecule has 0 spiro atoms. The van der Waals surface area contributed by atoms with Crippen molar-refractivity contribution in [1.29, 1.82) is 0 Å². The van der Waals surface area contributed by atoms with Crippen LogP contribution in [0.25, 0.3) is 0 Å². The first kappa shape index (κ1) is 18.6. The van der Waals surface area contributed by atoms with Crippen LogP contribution in [0.3, 0.4) is 0 Å². The number of likely N-dealkylation sites (tertiary alicyclic amines) is 1. The number of nitrogens with one attached hydrogen (secondary N) is 1. The molecule has 1 aromatic rings. The standard InChI is InChI=1S/C19H30N2O3/c1-19(2,3)18(22)20-15-6-8-21(9-7-15)13-14-10-16(23-4)12-17(11-14)24-5/h10-12,15H,6-9,13H2,1-5H3,(H,20,22). The van der Waals surface area contributed by atoms with E-state index in [9.17, 15) is 4.79 Å². The van der Waals surface area contributed by atoms with Crippen LogP contribution in [0.5, 0.6) is 11.5 Å². The van der Waals surface area contributed by atoms with Crippen LogP contribution in [0.1, 0.15) is 39.2 Å². The van der Waals surface area contributed by atoms with E-state index in [0.717, 1.165) is 44.0 Å². The van der Waals surface area contributed by atoms with Gasteiger partial charge < -0.3 is 14.8 Å². The van der Waals surface area contributed by atoms with Gasteiger partial charge in [-0.3, -0.25) is 9.69 Å². The third-order valence-electron chi connectivity index (χ3n) is 4.42. The smallest absolute Gasteiger partial charge is 0.225 e. The van der Waals surface area contributed by atoms with Crippen molar-refractivity contribution in [1.82, 2.24) is 10.2 Å². The number of ether oxygens (including phenoxy) is 2. The van der Waals surface area contributed by atoms with Crippen LogP contribution in [-0.4, -0.2) is 44.2 Å². The van der Waals surface area contributed by atoms with Crippen molar-refractivity contribution in [3.05, 3.63) is 23.8 Å². The summed E-state index contributed by atoms with van der Waals surface area (Å²) < 4.78 is 10.7. The minimum atomic E-state index is -0.325. The zero-order valence-electron chi connectivity index (χ0n) is 15.5. The first-order valence-corrected chi connectivity index (χ1v) is 8.57. The van der Waals surface area contributed by atoms with Crippen molar-refractivity contribution in [3.8, 4) is 11.5 Å². The van der Waals surface area contributed by atoms with E-state index in [4.69, 9.17) is 9.47 Å². The molecule has 0 unspecified atom stereocenters. The number of rotatable bonds is 5. The van der Waals surface area contributed by atoms with Gasteiger partial charge in [0.15, 0.2) is 0 Å². The highest BCUT2D eigenvalue weighted by molar-refractivity contribution is 5.81. The molecule has 1 aromatic carbocycles. The maximum Gasteiger partial charge on any atom is 0.225 e. The summed E-state index contributed by atoms with van der Waals surface area (Å²) in [5.41, 5.74) is 0.859. The zero-order valence-corrected chi connectivity index (χ0v) is 15.5. The largest absolute Gasteiger partial charge is 0.497 e. The Morgan fingerprint density at radius 3 is 2.12 bits per heavy atom. The molecule has 0 aliphatic carbocycles. The molecule has 2 rings (SSSR count). The van der Waals surface area contributed by atoms with Crippen molar-refractivity contribution >= 4 is 5.91 Å². The molecule has 1 aliphatic heterocycles. The number of piperidine rings is 1. The molecule has 1 saturated heterocycles. The second kappa shape index (κ2) is 7.88. The number of hydrogen-bond donors (Lipinski definition) is 1. The van der Waals surface area contributed by atoms with Crippen molar-refractivity contribution in [3.63, 3.8) is 0 Å². The van der Waals surface area contributed by atoms with E-state index in [1.807, 2.05) is 26.8 Å². The summed E-state index contributed by atoms with van der Waals surface area (Å²) in [5.74, 6) is 1.77.